The average molecular weight is 438 g/mol. The molecule has 3 aromatic rings. The molecule has 2 aliphatic heterocycles. The topological polar surface area (TPSA) is 91.8 Å². The second-order valence-corrected chi connectivity index (χ2v) is 8.20. The first-order valence-corrected chi connectivity index (χ1v) is 10.4. The minimum absolute atomic E-state index is 0.178. The van der Waals surface area contributed by atoms with Gasteiger partial charge in [0.2, 0.25) is 0 Å². The van der Waals surface area contributed by atoms with E-state index in [1.54, 1.807) is 54.6 Å². The van der Waals surface area contributed by atoms with Gasteiger partial charge >= 0.3 is 0 Å². The lowest BCUT2D eigenvalue weighted by Crippen LogP contribution is -2.61. The fourth-order valence-electron chi connectivity index (χ4n) is 4.47. The van der Waals surface area contributed by atoms with Crippen LogP contribution in [0, 0.1) is 0 Å². The molecule has 0 radical (unpaired) electrons. The highest BCUT2D eigenvalue weighted by Gasteiger charge is 2.53. The molecule has 0 spiro atoms. The number of carbonyl (C=O) groups is 5. The molecule has 2 aliphatic rings. The summed E-state index contributed by atoms with van der Waals surface area (Å²) in [5.41, 5.74) is -0.761. The Balaban J connectivity index is 1.62. The smallest absolute Gasteiger partial charge is 0.262 e. The Kier molecular flexibility index (Phi) is 4.56. The van der Waals surface area contributed by atoms with Crippen LogP contribution in [-0.2, 0) is 0 Å². The predicted octanol–water partition coefficient (Wildman–Crippen LogP) is 3.22. The Hall–Kier alpha value is -4.39. The minimum atomic E-state index is -1.82. The fraction of sp³-hybridized carbons (Fsp3) is 0.115. The first-order chi connectivity index (χ1) is 15.8. The van der Waals surface area contributed by atoms with E-state index >= 15 is 0 Å². The first-order valence-electron chi connectivity index (χ1n) is 10.4. The number of Topliss-reactive ketones (excluding diaryl/α,β-unsaturated/α-hetero) is 1. The van der Waals surface area contributed by atoms with E-state index < -0.39 is 41.5 Å². The number of hydrogen-bond donors (Lipinski definition) is 0. The van der Waals surface area contributed by atoms with E-state index in [4.69, 9.17) is 0 Å². The van der Waals surface area contributed by atoms with Crippen LogP contribution in [0.2, 0.25) is 0 Å². The maximum absolute atomic E-state index is 13.8. The molecule has 2 heterocycles. The van der Waals surface area contributed by atoms with E-state index in [0.29, 0.717) is 0 Å². The molecule has 1 unspecified atom stereocenters. The number of hydrogen-bond acceptors (Lipinski definition) is 5. The van der Waals surface area contributed by atoms with Gasteiger partial charge in [0.25, 0.3) is 23.6 Å². The van der Waals surface area contributed by atoms with Gasteiger partial charge in [0, 0.05) is 5.56 Å². The van der Waals surface area contributed by atoms with Crippen LogP contribution in [0.25, 0.3) is 0 Å². The number of ketones is 1. The molecule has 0 saturated heterocycles. The van der Waals surface area contributed by atoms with Crippen LogP contribution in [0.5, 0.6) is 0 Å². The van der Waals surface area contributed by atoms with Gasteiger partial charge in [0.05, 0.1) is 28.8 Å². The number of amides is 4. The predicted molar refractivity (Wildman–Crippen MR) is 118 cm³/mol. The van der Waals surface area contributed by atoms with Crippen molar-refractivity contribution >= 4 is 29.4 Å². The number of nitrogens with zero attached hydrogens (tertiary/aromatic N) is 2. The van der Waals surface area contributed by atoms with Crippen molar-refractivity contribution in [2.24, 2.45) is 0 Å². The van der Waals surface area contributed by atoms with Crippen LogP contribution in [0.4, 0.5) is 0 Å². The van der Waals surface area contributed by atoms with Crippen LogP contribution >= 0.6 is 0 Å². The van der Waals surface area contributed by atoms with E-state index in [1.807, 2.05) is 0 Å². The standard InChI is InChI=1S/C26H18N2O5/c1-26(21(29)16-9-3-2-4-10-16,28-24(32)19-13-7-8-14-20(19)25(28)33)15-27-22(30)17-11-5-6-12-18(17)23(27)31/h2-14H,15H2,1H3. The Morgan fingerprint density at radius 3 is 1.48 bits per heavy atom. The summed E-state index contributed by atoms with van der Waals surface area (Å²) in [6, 6.07) is 20.9. The molecule has 3 aromatic carbocycles. The van der Waals surface area contributed by atoms with E-state index in [-0.39, 0.29) is 27.8 Å². The molecule has 5 rings (SSSR count). The molecule has 0 aliphatic carbocycles. The lowest BCUT2D eigenvalue weighted by Gasteiger charge is -2.38. The summed E-state index contributed by atoms with van der Waals surface area (Å²) >= 11 is 0. The largest absolute Gasteiger partial charge is 0.291 e. The van der Waals surface area contributed by atoms with Crippen molar-refractivity contribution < 1.29 is 24.0 Å². The first kappa shape index (κ1) is 20.5. The highest BCUT2D eigenvalue weighted by Crippen LogP contribution is 2.34. The van der Waals surface area contributed by atoms with Crippen LogP contribution in [0.15, 0.2) is 78.9 Å². The van der Waals surface area contributed by atoms with E-state index in [0.717, 1.165) is 9.80 Å². The monoisotopic (exact) mass is 438 g/mol. The van der Waals surface area contributed by atoms with E-state index in [9.17, 15) is 24.0 Å². The van der Waals surface area contributed by atoms with Crippen molar-refractivity contribution in [1.29, 1.82) is 0 Å². The third-order valence-electron chi connectivity index (χ3n) is 6.16. The van der Waals surface area contributed by atoms with Gasteiger partial charge in [-0.05, 0) is 31.2 Å². The summed E-state index contributed by atoms with van der Waals surface area (Å²) in [6.45, 7) is 0.964. The maximum atomic E-state index is 13.8. The third kappa shape index (κ3) is 2.93. The van der Waals surface area contributed by atoms with Gasteiger partial charge in [-0.2, -0.15) is 0 Å². The zero-order valence-corrected chi connectivity index (χ0v) is 17.6. The van der Waals surface area contributed by atoms with Gasteiger partial charge < -0.3 is 0 Å². The van der Waals surface area contributed by atoms with Crippen LogP contribution in [-0.4, -0.2) is 51.3 Å². The van der Waals surface area contributed by atoms with Crippen LogP contribution < -0.4 is 0 Å². The molecule has 33 heavy (non-hydrogen) atoms. The van der Waals surface area contributed by atoms with E-state index in [2.05, 4.69) is 0 Å². The molecular formula is C26H18N2O5. The highest BCUT2D eigenvalue weighted by atomic mass is 16.2. The van der Waals surface area contributed by atoms with Crippen LogP contribution in [0.1, 0.15) is 58.7 Å². The second kappa shape index (κ2) is 7.34. The Morgan fingerprint density at radius 2 is 1.03 bits per heavy atom. The summed E-state index contributed by atoms with van der Waals surface area (Å²) in [6.07, 6.45) is 0. The summed E-state index contributed by atoms with van der Waals surface area (Å²) in [5, 5.41) is 0. The lowest BCUT2D eigenvalue weighted by atomic mass is 9.88. The maximum Gasteiger partial charge on any atom is 0.262 e. The zero-order chi connectivity index (χ0) is 23.3. The Labute approximate surface area is 189 Å². The molecule has 0 N–H and O–H groups in total. The van der Waals surface area contributed by atoms with Crippen molar-refractivity contribution in [3.05, 3.63) is 107 Å². The van der Waals surface area contributed by atoms with Gasteiger partial charge in [-0.15, -0.1) is 0 Å². The molecule has 1 atom stereocenters. The van der Waals surface area contributed by atoms with Gasteiger partial charge in [-0.3, -0.25) is 33.8 Å². The van der Waals surface area contributed by atoms with E-state index in [1.165, 1.54) is 31.2 Å². The number of rotatable bonds is 5. The molecule has 0 aromatic heterocycles. The van der Waals surface area contributed by atoms with Crippen molar-refractivity contribution in [3.63, 3.8) is 0 Å². The summed E-state index contributed by atoms with van der Waals surface area (Å²) in [4.78, 5) is 68.3. The number of imide groups is 2. The van der Waals surface area contributed by atoms with Crippen molar-refractivity contribution in [1.82, 2.24) is 9.80 Å². The fourth-order valence-corrected chi connectivity index (χ4v) is 4.47. The normalized spacial score (nSPS) is 16.6. The Bertz CT molecular complexity index is 1290. The van der Waals surface area contributed by atoms with Gasteiger partial charge in [0.15, 0.2) is 5.78 Å². The van der Waals surface area contributed by atoms with Crippen molar-refractivity contribution in [2.75, 3.05) is 6.54 Å². The molecule has 4 amide bonds. The average Bonchev–Trinajstić information content (AvgIpc) is 3.25. The molecule has 7 heteroatoms. The molecular weight excluding hydrogens is 420 g/mol. The van der Waals surface area contributed by atoms with Crippen molar-refractivity contribution in [3.8, 4) is 0 Å². The zero-order valence-electron chi connectivity index (χ0n) is 17.6. The Morgan fingerprint density at radius 1 is 0.636 bits per heavy atom. The molecule has 0 fully saturated rings. The van der Waals surface area contributed by atoms with Gasteiger partial charge in [-0.1, -0.05) is 54.6 Å². The number of carbonyl (C=O) groups excluding carboxylic acids is 5. The third-order valence-corrected chi connectivity index (χ3v) is 6.16. The molecule has 0 bridgehead atoms. The van der Waals surface area contributed by atoms with Crippen molar-refractivity contribution in [2.45, 2.75) is 12.5 Å². The minimum Gasteiger partial charge on any atom is -0.291 e. The quantitative estimate of drug-likeness (QED) is 0.451. The second-order valence-electron chi connectivity index (χ2n) is 8.20. The molecule has 7 nitrogen and oxygen atoms in total. The van der Waals surface area contributed by atoms with Gasteiger partial charge in [0.1, 0.15) is 5.54 Å². The van der Waals surface area contributed by atoms with Crippen LogP contribution in [0.3, 0.4) is 0 Å². The number of benzene rings is 3. The highest BCUT2D eigenvalue weighted by molar-refractivity contribution is 6.25. The summed E-state index contributed by atoms with van der Waals surface area (Å²) in [7, 11) is 0. The molecule has 0 saturated carbocycles. The number of fused-ring (bicyclic) bond motifs is 2. The summed E-state index contributed by atoms with van der Waals surface area (Å²) < 4.78 is 0. The summed E-state index contributed by atoms with van der Waals surface area (Å²) in [5.74, 6) is -2.97. The molecule has 162 valence electrons. The van der Waals surface area contributed by atoms with Gasteiger partial charge in [-0.25, -0.2) is 0 Å². The lowest BCUT2D eigenvalue weighted by molar-refractivity contribution is 0.0307. The SMILES string of the molecule is CC(CN1C(=O)c2ccccc2C1=O)(C(=O)c1ccccc1)N1C(=O)c2ccccc2C1=O.